The number of fused-ring (bicyclic) bond motifs is 1. The number of phenols is 1. The molecule has 2 saturated heterocycles. The van der Waals surface area contributed by atoms with Gasteiger partial charge in [-0.05, 0) is 45.0 Å². The van der Waals surface area contributed by atoms with Gasteiger partial charge in [0.2, 0.25) is 0 Å². The van der Waals surface area contributed by atoms with Crippen molar-refractivity contribution in [2.45, 2.75) is 42.5 Å². The molecule has 1 aromatic rings. The van der Waals surface area contributed by atoms with Crippen molar-refractivity contribution in [3.63, 3.8) is 0 Å². The van der Waals surface area contributed by atoms with Gasteiger partial charge in [-0.25, -0.2) is 4.79 Å². The second-order valence-corrected chi connectivity index (χ2v) is 8.46. The highest BCUT2D eigenvalue weighted by atomic mass is 32.2. The molecule has 2 fully saturated rings. The van der Waals surface area contributed by atoms with E-state index in [0.717, 1.165) is 0 Å². The quantitative estimate of drug-likeness (QED) is 0.703. The molecule has 2 aliphatic rings. The summed E-state index contributed by atoms with van der Waals surface area (Å²) in [4.78, 5) is 37.8. The molecule has 3 rings (SSSR count). The van der Waals surface area contributed by atoms with Crippen LogP contribution in [0.1, 0.15) is 31.1 Å². The average molecular weight is 350 g/mol. The number of β-lactam (4-membered cyclic amide) rings is 1. The fourth-order valence-corrected chi connectivity index (χ4v) is 4.90. The van der Waals surface area contributed by atoms with Crippen LogP contribution in [0, 0.1) is 0 Å². The smallest absolute Gasteiger partial charge is 0.327 e. The number of thioether (sulfide) groups is 1. The molecule has 1 aromatic carbocycles. The van der Waals surface area contributed by atoms with Gasteiger partial charge in [0.15, 0.2) is 0 Å². The van der Waals surface area contributed by atoms with Crippen LogP contribution in [0.25, 0.3) is 0 Å². The van der Waals surface area contributed by atoms with E-state index in [2.05, 4.69) is 5.32 Å². The van der Waals surface area contributed by atoms with Crippen LogP contribution in [-0.4, -0.2) is 54.6 Å². The summed E-state index contributed by atoms with van der Waals surface area (Å²) in [6, 6.07) is 4.78. The Balaban J connectivity index is 1.83. The molecule has 0 spiro atoms. The first-order valence-electron chi connectivity index (χ1n) is 7.43. The molecular formula is C16H18N2O5S. The summed E-state index contributed by atoms with van der Waals surface area (Å²) < 4.78 is -0.646. The summed E-state index contributed by atoms with van der Waals surface area (Å²) >= 11 is 1.37. The fourth-order valence-electron chi connectivity index (χ4n) is 3.26. The number of benzene rings is 1. The molecule has 2 heterocycles. The van der Waals surface area contributed by atoms with Crippen molar-refractivity contribution >= 4 is 29.5 Å². The van der Waals surface area contributed by atoms with Crippen LogP contribution in [-0.2, 0) is 9.59 Å². The normalized spacial score (nSPS) is 30.5. The molecule has 2 aliphatic heterocycles. The van der Waals surface area contributed by atoms with Crippen LogP contribution in [0.4, 0.5) is 0 Å². The van der Waals surface area contributed by atoms with E-state index in [9.17, 15) is 24.6 Å². The molecular weight excluding hydrogens is 332 g/mol. The molecule has 3 atom stereocenters. The molecule has 0 aliphatic carbocycles. The summed E-state index contributed by atoms with van der Waals surface area (Å²) in [5.41, 5.74) is -0.835. The molecule has 0 aromatic heterocycles. The SMILES string of the molecule is CC1(C)S[C@H]2N(C(=O)C2(C)NC(=O)c2ccc(O)cc2)[C@H]1C(=O)O. The predicted octanol–water partition coefficient (Wildman–Crippen LogP) is 1.03. The minimum absolute atomic E-state index is 0.0426. The molecule has 128 valence electrons. The molecule has 7 nitrogen and oxygen atoms in total. The van der Waals surface area contributed by atoms with E-state index in [1.165, 1.54) is 40.9 Å². The lowest BCUT2D eigenvalue weighted by molar-refractivity contribution is -0.165. The Labute approximate surface area is 143 Å². The first kappa shape index (κ1) is 16.6. The van der Waals surface area contributed by atoms with Crippen LogP contribution in [0.5, 0.6) is 5.75 Å². The topological polar surface area (TPSA) is 107 Å². The number of nitrogens with one attached hydrogen (secondary N) is 1. The number of carbonyl (C=O) groups excluding carboxylic acids is 2. The van der Waals surface area contributed by atoms with Crippen LogP contribution in [0.2, 0.25) is 0 Å². The van der Waals surface area contributed by atoms with Gasteiger partial charge in [0, 0.05) is 10.3 Å². The van der Waals surface area contributed by atoms with Crippen LogP contribution >= 0.6 is 11.8 Å². The summed E-state index contributed by atoms with van der Waals surface area (Å²) in [5, 5.41) is 21.0. The second kappa shape index (κ2) is 5.14. The lowest BCUT2D eigenvalue weighted by Crippen LogP contribution is -2.78. The minimum Gasteiger partial charge on any atom is -0.508 e. The van der Waals surface area contributed by atoms with Crippen LogP contribution in [0.15, 0.2) is 24.3 Å². The van der Waals surface area contributed by atoms with Crippen LogP contribution < -0.4 is 5.32 Å². The fraction of sp³-hybridized carbons (Fsp3) is 0.438. The number of hydrogen-bond acceptors (Lipinski definition) is 5. The van der Waals surface area contributed by atoms with Crippen molar-refractivity contribution in [1.82, 2.24) is 10.2 Å². The van der Waals surface area contributed by atoms with Crippen molar-refractivity contribution in [3.8, 4) is 5.75 Å². The van der Waals surface area contributed by atoms with Gasteiger partial charge in [-0.2, -0.15) is 0 Å². The Hall–Kier alpha value is -2.22. The number of aromatic hydroxyl groups is 1. The maximum atomic E-state index is 12.6. The van der Waals surface area contributed by atoms with Gasteiger partial charge in [-0.3, -0.25) is 9.59 Å². The zero-order chi connectivity index (χ0) is 17.9. The number of phenolic OH excluding ortho intramolecular Hbond substituents is 1. The maximum absolute atomic E-state index is 12.6. The molecule has 2 amide bonds. The summed E-state index contributed by atoms with van der Waals surface area (Å²) in [7, 11) is 0. The van der Waals surface area contributed by atoms with Gasteiger partial charge in [-0.1, -0.05) is 0 Å². The molecule has 1 unspecified atom stereocenters. The van der Waals surface area contributed by atoms with E-state index in [1.807, 2.05) is 0 Å². The minimum atomic E-state index is -1.15. The van der Waals surface area contributed by atoms with Gasteiger partial charge in [0.25, 0.3) is 11.8 Å². The zero-order valence-corrected chi connectivity index (χ0v) is 14.3. The molecule has 3 N–H and O–H groups in total. The summed E-state index contributed by atoms with van der Waals surface area (Å²) in [6.45, 7) is 5.18. The van der Waals surface area contributed by atoms with E-state index in [0.29, 0.717) is 5.56 Å². The average Bonchev–Trinajstić information content (AvgIpc) is 2.77. The van der Waals surface area contributed by atoms with Crippen LogP contribution in [0.3, 0.4) is 0 Å². The lowest BCUT2D eigenvalue weighted by atomic mass is 9.86. The Morgan fingerprint density at radius 2 is 1.79 bits per heavy atom. The maximum Gasteiger partial charge on any atom is 0.327 e. The number of amides is 2. The Morgan fingerprint density at radius 1 is 1.21 bits per heavy atom. The largest absolute Gasteiger partial charge is 0.508 e. The number of nitrogens with zero attached hydrogens (tertiary/aromatic N) is 1. The molecule has 24 heavy (non-hydrogen) atoms. The monoisotopic (exact) mass is 350 g/mol. The Morgan fingerprint density at radius 3 is 2.33 bits per heavy atom. The summed E-state index contributed by atoms with van der Waals surface area (Å²) in [6.07, 6.45) is 0. The second-order valence-electron chi connectivity index (χ2n) is 6.73. The first-order valence-corrected chi connectivity index (χ1v) is 8.31. The standard InChI is InChI=1S/C16H18N2O5S/c1-15(2)10(12(21)22)18-13(23)16(3,14(18)24-15)17-11(20)8-4-6-9(19)7-5-8/h4-7,10,14,19H,1-3H3,(H,17,20)(H,21,22)/t10-,14+,16?/m0/s1. The van der Waals surface area contributed by atoms with E-state index in [1.54, 1.807) is 20.8 Å². The zero-order valence-electron chi connectivity index (χ0n) is 13.4. The third kappa shape index (κ3) is 2.24. The van der Waals surface area contributed by atoms with Crippen molar-refractivity contribution in [2.75, 3.05) is 0 Å². The molecule has 8 heteroatoms. The number of carboxylic acids is 1. The van der Waals surface area contributed by atoms with E-state index in [4.69, 9.17) is 0 Å². The molecule has 0 radical (unpaired) electrons. The van der Waals surface area contributed by atoms with Crippen molar-refractivity contribution in [1.29, 1.82) is 0 Å². The van der Waals surface area contributed by atoms with Gasteiger partial charge in [0.1, 0.15) is 22.7 Å². The molecule has 0 saturated carbocycles. The number of carboxylic acid groups (broad SMARTS) is 1. The highest BCUT2D eigenvalue weighted by Gasteiger charge is 2.70. The number of aliphatic carboxylic acids is 1. The summed E-state index contributed by atoms with van der Waals surface area (Å²) in [5.74, 6) is -1.84. The number of hydrogen-bond donors (Lipinski definition) is 3. The van der Waals surface area contributed by atoms with Crippen molar-refractivity contribution in [2.24, 2.45) is 0 Å². The van der Waals surface area contributed by atoms with Crippen molar-refractivity contribution in [3.05, 3.63) is 29.8 Å². The highest BCUT2D eigenvalue weighted by molar-refractivity contribution is 8.01. The highest BCUT2D eigenvalue weighted by Crippen LogP contribution is 2.54. The van der Waals surface area contributed by atoms with Crippen molar-refractivity contribution < 1.29 is 24.6 Å². The Bertz CT molecular complexity index is 732. The number of rotatable bonds is 3. The third-order valence-corrected chi connectivity index (χ3v) is 6.27. The van der Waals surface area contributed by atoms with Gasteiger partial charge < -0.3 is 20.4 Å². The van der Waals surface area contributed by atoms with Gasteiger partial charge in [-0.15, -0.1) is 11.8 Å². The lowest BCUT2D eigenvalue weighted by Gasteiger charge is -2.51. The Kier molecular flexibility index (Phi) is 3.56. The predicted molar refractivity (Wildman–Crippen MR) is 87.7 cm³/mol. The van der Waals surface area contributed by atoms with E-state index >= 15 is 0 Å². The van der Waals surface area contributed by atoms with E-state index < -0.39 is 39.5 Å². The van der Waals surface area contributed by atoms with Gasteiger partial charge >= 0.3 is 5.97 Å². The molecule has 0 bridgehead atoms. The van der Waals surface area contributed by atoms with E-state index in [-0.39, 0.29) is 5.75 Å². The first-order chi connectivity index (χ1) is 11.1. The third-order valence-electron chi connectivity index (χ3n) is 4.51. The van der Waals surface area contributed by atoms with Gasteiger partial charge in [0.05, 0.1) is 0 Å². The number of carbonyl (C=O) groups is 3.